The Balaban J connectivity index is 2.60. The number of hydrogen-bond donors (Lipinski definition) is 2. The molecule has 2 N–H and O–H groups in total. The van der Waals surface area contributed by atoms with Gasteiger partial charge in [0.1, 0.15) is 10.6 Å². The number of amides is 1. The Kier molecular flexibility index (Phi) is 9.12. The van der Waals surface area contributed by atoms with E-state index in [1.807, 2.05) is 0 Å². The van der Waals surface area contributed by atoms with Gasteiger partial charge in [-0.1, -0.05) is 26.8 Å². The average molecular weight is 554 g/mol. The lowest BCUT2D eigenvalue weighted by Crippen LogP contribution is -2.27. The van der Waals surface area contributed by atoms with E-state index in [2.05, 4.69) is 10.1 Å². The minimum absolute atomic E-state index is 0.0680. The van der Waals surface area contributed by atoms with Crippen molar-refractivity contribution in [1.29, 1.82) is 0 Å². The number of carbonyl (C=O) groups is 2. The van der Waals surface area contributed by atoms with Gasteiger partial charge in [-0.3, -0.25) is 9.59 Å². The summed E-state index contributed by atoms with van der Waals surface area (Å²) >= 11 is 0. The lowest BCUT2D eigenvalue weighted by Gasteiger charge is -2.20. The van der Waals surface area contributed by atoms with Crippen molar-refractivity contribution in [2.75, 3.05) is 11.1 Å². The molecule has 8 nitrogen and oxygen atoms in total. The Morgan fingerprint density at radius 3 is 2.16 bits per heavy atom. The highest BCUT2D eigenvalue weighted by Gasteiger charge is 2.32. The zero-order valence-electron chi connectivity index (χ0n) is 19.9. The first-order valence-corrected chi connectivity index (χ1v) is 12.2. The third-order valence-corrected chi connectivity index (χ3v) is 6.40. The zero-order valence-corrected chi connectivity index (χ0v) is 20.7. The molecule has 2 rings (SSSR count). The smallest absolute Gasteiger partial charge is 0.390 e. The SMILES string of the molecule is CC(C)(C)C(=O)Nc1ccc(Oc2cc(CC(=O)O)ccc2OC(F)F)c(S(=O)(=O)CCC(F)(F)F)c1. The number of carboxylic acid groups (broad SMARTS) is 1. The lowest BCUT2D eigenvalue weighted by molar-refractivity contribution is -0.136. The van der Waals surface area contributed by atoms with Gasteiger partial charge in [0.2, 0.25) is 5.91 Å². The van der Waals surface area contributed by atoms with Crippen LogP contribution < -0.4 is 14.8 Å². The molecule has 0 saturated heterocycles. The highest BCUT2D eigenvalue weighted by atomic mass is 32.2. The Morgan fingerprint density at radius 2 is 1.62 bits per heavy atom. The molecule has 0 aliphatic rings. The fraction of sp³-hybridized carbons (Fsp3) is 0.391. The number of aliphatic carboxylic acids is 1. The molecule has 0 heterocycles. The molecule has 37 heavy (non-hydrogen) atoms. The number of sulfone groups is 1. The predicted octanol–water partition coefficient (Wildman–Crippen LogP) is 5.42. The summed E-state index contributed by atoms with van der Waals surface area (Å²) in [6.45, 7) is 1.41. The van der Waals surface area contributed by atoms with Gasteiger partial charge in [-0.05, 0) is 35.9 Å². The monoisotopic (exact) mass is 553 g/mol. The summed E-state index contributed by atoms with van der Waals surface area (Å²) in [6.07, 6.45) is -7.02. The topological polar surface area (TPSA) is 119 Å². The van der Waals surface area contributed by atoms with Crippen molar-refractivity contribution in [1.82, 2.24) is 0 Å². The third kappa shape index (κ3) is 9.19. The minimum atomic E-state index is -4.80. The molecule has 0 bridgehead atoms. The van der Waals surface area contributed by atoms with Gasteiger partial charge in [0, 0.05) is 11.1 Å². The fourth-order valence-electron chi connectivity index (χ4n) is 2.82. The van der Waals surface area contributed by atoms with Crippen LogP contribution in [0.2, 0.25) is 0 Å². The second kappa shape index (κ2) is 11.3. The molecule has 14 heteroatoms. The van der Waals surface area contributed by atoms with Crippen LogP contribution in [-0.2, 0) is 25.8 Å². The van der Waals surface area contributed by atoms with Gasteiger partial charge in [-0.25, -0.2) is 8.42 Å². The number of carbonyl (C=O) groups excluding carboxylic acids is 1. The van der Waals surface area contributed by atoms with Gasteiger partial charge in [0.15, 0.2) is 21.3 Å². The van der Waals surface area contributed by atoms with Gasteiger partial charge in [-0.2, -0.15) is 22.0 Å². The van der Waals surface area contributed by atoms with Crippen LogP contribution in [0.15, 0.2) is 41.3 Å². The average Bonchev–Trinajstić information content (AvgIpc) is 2.73. The van der Waals surface area contributed by atoms with E-state index in [0.717, 1.165) is 24.3 Å². The van der Waals surface area contributed by atoms with Crippen LogP contribution in [0.25, 0.3) is 0 Å². The molecule has 0 radical (unpaired) electrons. The van der Waals surface area contributed by atoms with E-state index in [-0.39, 0.29) is 11.3 Å². The number of benzene rings is 2. The minimum Gasteiger partial charge on any atom is -0.481 e. The zero-order chi connectivity index (χ0) is 28.2. The Morgan fingerprint density at radius 1 is 1.00 bits per heavy atom. The van der Waals surface area contributed by atoms with Crippen molar-refractivity contribution in [2.45, 2.75) is 51.3 Å². The summed E-state index contributed by atoms with van der Waals surface area (Å²) in [5.74, 6) is -4.77. The van der Waals surface area contributed by atoms with E-state index >= 15 is 0 Å². The van der Waals surface area contributed by atoms with Crippen LogP contribution in [-0.4, -0.2) is 43.9 Å². The molecule has 2 aromatic carbocycles. The fourth-order valence-corrected chi connectivity index (χ4v) is 4.26. The molecule has 2 aromatic rings. The van der Waals surface area contributed by atoms with Gasteiger partial charge in [0.05, 0.1) is 18.6 Å². The van der Waals surface area contributed by atoms with E-state index in [1.165, 1.54) is 12.1 Å². The first kappa shape index (κ1) is 29.8. The van der Waals surface area contributed by atoms with Gasteiger partial charge >= 0.3 is 18.8 Å². The van der Waals surface area contributed by atoms with Crippen LogP contribution in [0, 0.1) is 5.41 Å². The van der Waals surface area contributed by atoms with E-state index < -0.39 is 80.7 Å². The summed E-state index contributed by atoms with van der Waals surface area (Å²) in [5.41, 5.74) is -0.877. The van der Waals surface area contributed by atoms with Gasteiger partial charge < -0.3 is 19.9 Å². The number of hydrogen-bond acceptors (Lipinski definition) is 6. The van der Waals surface area contributed by atoms with Crippen LogP contribution in [0.3, 0.4) is 0 Å². The molecular weight excluding hydrogens is 529 g/mol. The molecule has 0 unspecified atom stereocenters. The molecule has 0 aliphatic heterocycles. The second-order valence-electron chi connectivity index (χ2n) is 8.88. The first-order valence-electron chi connectivity index (χ1n) is 10.6. The van der Waals surface area contributed by atoms with Crippen molar-refractivity contribution >= 4 is 27.4 Å². The number of ether oxygens (including phenoxy) is 2. The standard InChI is InChI=1S/C23H24F5NO7S/c1-22(2,3)20(32)29-14-5-7-16(18(12-14)37(33,34)9-8-23(26,27)28)35-17-10-13(11-19(30)31)4-6-15(17)36-21(24)25/h4-7,10,12,21H,8-9,11H2,1-3H3,(H,29,32)(H,30,31). The number of anilines is 1. The molecule has 0 saturated carbocycles. The van der Waals surface area contributed by atoms with Crippen LogP contribution >= 0.6 is 0 Å². The third-order valence-electron chi connectivity index (χ3n) is 4.67. The highest BCUT2D eigenvalue weighted by Crippen LogP contribution is 2.38. The number of alkyl halides is 5. The number of rotatable bonds is 10. The summed E-state index contributed by atoms with van der Waals surface area (Å²) < 4.78 is 99.7. The number of carboxylic acids is 1. The molecule has 0 fully saturated rings. The summed E-state index contributed by atoms with van der Waals surface area (Å²) in [6, 6.07) is 6.29. The molecule has 0 spiro atoms. The molecule has 1 amide bonds. The predicted molar refractivity (Wildman–Crippen MR) is 122 cm³/mol. The van der Waals surface area contributed by atoms with Crippen molar-refractivity contribution < 1.29 is 54.5 Å². The van der Waals surface area contributed by atoms with Crippen LogP contribution in [0.5, 0.6) is 17.2 Å². The van der Waals surface area contributed by atoms with Crippen molar-refractivity contribution in [3.8, 4) is 17.2 Å². The highest BCUT2D eigenvalue weighted by molar-refractivity contribution is 7.91. The normalized spacial score (nSPS) is 12.4. The maximum Gasteiger partial charge on any atom is 0.390 e. The van der Waals surface area contributed by atoms with E-state index in [4.69, 9.17) is 9.84 Å². The van der Waals surface area contributed by atoms with Crippen molar-refractivity contribution in [2.24, 2.45) is 5.41 Å². The molecule has 0 atom stereocenters. The van der Waals surface area contributed by atoms with Crippen molar-refractivity contribution in [3.05, 3.63) is 42.0 Å². The maximum atomic E-state index is 12.9. The molecule has 0 aromatic heterocycles. The van der Waals surface area contributed by atoms with Crippen LogP contribution in [0.1, 0.15) is 32.8 Å². The van der Waals surface area contributed by atoms with E-state index in [9.17, 15) is 40.0 Å². The summed E-state index contributed by atoms with van der Waals surface area (Å²) in [7, 11) is -4.68. The Labute approximate surface area is 209 Å². The van der Waals surface area contributed by atoms with Crippen LogP contribution in [0.4, 0.5) is 27.6 Å². The quantitative estimate of drug-likeness (QED) is 0.377. The second-order valence-corrected chi connectivity index (χ2v) is 11.0. The number of nitrogens with one attached hydrogen (secondary N) is 1. The lowest BCUT2D eigenvalue weighted by atomic mass is 9.95. The van der Waals surface area contributed by atoms with Gasteiger partial charge in [0.25, 0.3) is 0 Å². The Bertz CT molecular complexity index is 1260. The molecule has 204 valence electrons. The molecular formula is C23H24F5NO7S. The van der Waals surface area contributed by atoms with Crippen molar-refractivity contribution in [3.63, 3.8) is 0 Å². The maximum absolute atomic E-state index is 12.9. The largest absolute Gasteiger partial charge is 0.481 e. The summed E-state index contributed by atoms with van der Waals surface area (Å²) in [5, 5.41) is 11.5. The van der Waals surface area contributed by atoms with E-state index in [0.29, 0.717) is 0 Å². The number of halogens is 5. The Hall–Kier alpha value is -3.42. The van der Waals surface area contributed by atoms with Gasteiger partial charge in [-0.15, -0.1) is 0 Å². The summed E-state index contributed by atoms with van der Waals surface area (Å²) in [4.78, 5) is 22.6. The first-order chi connectivity index (χ1) is 16.9. The molecule has 0 aliphatic carbocycles. The van der Waals surface area contributed by atoms with E-state index in [1.54, 1.807) is 20.8 Å².